The average Bonchev–Trinajstić information content (AvgIpc) is 2.68. The van der Waals surface area contributed by atoms with Gasteiger partial charge in [0.2, 0.25) is 0 Å². The minimum atomic E-state index is -0.621. The van der Waals surface area contributed by atoms with Crippen LogP contribution in [0.1, 0.15) is 20.8 Å². The smallest absolute Gasteiger partial charge is 0.443 e. The number of rotatable bonds is 3. The predicted molar refractivity (Wildman–Crippen MR) is 65.9 cm³/mol. The third kappa shape index (κ3) is 3.51. The first-order valence-corrected chi connectivity index (χ1v) is 5.00. The second-order valence-corrected chi connectivity index (χ2v) is 4.51. The molecule has 2 radical (unpaired) electrons. The molecule has 0 aromatic carbocycles. The van der Waals surface area contributed by atoms with Gasteiger partial charge in [-0.25, -0.2) is 4.79 Å². The maximum absolute atomic E-state index is 12.5. The van der Waals surface area contributed by atoms with Crippen LogP contribution in [0, 0.1) is 0 Å². The van der Waals surface area contributed by atoms with Gasteiger partial charge in [-0.2, -0.15) is 5.10 Å². The van der Waals surface area contributed by atoms with E-state index in [9.17, 15) is 9.11 Å². The summed E-state index contributed by atoms with van der Waals surface area (Å²) in [6.07, 6.45) is -0.595. The van der Waals surface area contributed by atoms with Gasteiger partial charge in [-0.15, -0.1) is 0 Å². The van der Waals surface area contributed by atoms with Gasteiger partial charge in [-0.3, -0.25) is 9.49 Å². The average molecular weight is 238 g/mol. The zero-order chi connectivity index (χ0) is 13.9. The van der Waals surface area contributed by atoms with Crippen molar-refractivity contribution >= 4 is 33.0 Å². The molecule has 0 N–H and O–H groups in total. The van der Waals surface area contributed by atoms with Gasteiger partial charge < -0.3 is 9.05 Å². The molecule has 0 aliphatic heterocycles. The molecule has 1 heterocycles. The quantitative estimate of drug-likeness (QED) is 0.703. The highest BCUT2D eigenvalue weighted by atomic mass is 19.1. The van der Waals surface area contributed by atoms with Crippen LogP contribution in [0.3, 0.4) is 0 Å². The molecular weight excluding hydrogens is 223 g/mol. The van der Waals surface area contributed by atoms with Crippen molar-refractivity contribution in [3.63, 3.8) is 0 Å². The molecule has 0 spiro atoms. The minimum Gasteiger partial charge on any atom is -0.443 e. The molecule has 0 fully saturated rings. The standard InChI is InChI=1S/C9H14B2FN3O2/c1-9(2,3)17-8(16)14(4)7-5-6(10)15(11-12)13-7/h5,10H,1-4H3/i10D. The number of aromatic nitrogens is 2. The summed E-state index contributed by atoms with van der Waals surface area (Å²) in [5.41, 5.74) is -0.396. The van der Waals surface area contributed by atoms with Crippen LogP contribution < -0.4 is 10.5 Å². The largest absolute Gasteiger partial charge is 0.512 e. The summed E-state index contributed by atoms with van der Waals surface area (Å²) in [6, 6.07) is 1.41. The second-order valence-electron chi connectivity index (χ2n) is 4.51. The van der Waals surface area contributed by atoms with Gasteiger partial charge in [0.15, 0.2) is 13.6 Å². The second kappa shape index (κ2) is 4.81. The summed E-state index contributed by atoms with van der Waals surface area (Å²) in [4.78, 5) is 12.9. The first-order valence-electron chi connectivity index (χ1n) is 5.57. The van der Waals surface area contributed by atoms with Gasteiger partial charge in [0.25, 0.3) is 0 Å². The first-order chi connectivity index (χ1) is 8.28. The Morgan fingerprint density at radius 1 is 1.76 bits per heavy atom. The number of ether oxygens (including phenoxy) is 1. The van der Waals surface area contributed by atoms with Crippen molar-refractivity contribution in [2.24, 2.45) is 0 Å². The van der Waals surface area contributed by atoms with Crippen LogP contribution in [0.15, 0.2) is 6.07 Å². The van der Waals surface area contributed by atoms with E-state index in [1.54, 1.807) is 20.8 Å². The first kappa shape index (κ1) is 12.0. The van der Waals surface area contributed by atoms with Crippen molar-refractivity contribution in [3.05, 3.63) is 6.07 Å². The number of halogens is 1. The number of hydrogen-bond acceptors (Lipinski definition) is 3. The van der Waals surface area contributed by atoms with E-state index in [0.29, 0.717) is 0 Å². The summed E-state index contributed by atoms with van der Waals surface area (Å²) in [5, 5.41) is 3.81. The summed E-state index contributed by atoms with van der Waals surface area (Å²) in [6.45, 7) is 5.24. The molecule has 0 bridgehead atoms. The molecule has 8 heteroatoms. The minimum absolute atomic E-state index is 0.205. The van der Waals surface area contributed by atoms with E-state index in [4.69, 9.17) is 6.07 Å². The molecule has 90 valence electrons. The molecule has 0 saturated carbocycles. The Labute approximate surface area is 103 Å². The summed E-state index contributed by atoms with van der Waals surface area (Å²) >= 11 is 0. The van der Waals surface area contributed by atoms with E-state index in [1.165, 1.54) is 13.1 Å². The molecular formula is C9H14B2FN3O2. The highest BCUT2D eigenvalue weighted by Gasteiger charge is 2.22. The predicted octanol–water partition coefficient (Wildman–Crippen LogP) is 0.132. The summed E-state index contributed by atoms with van der Waals surface area (Å²) < 4.78 is 25.6. The van der Waals surface area contributed by atoms with Gasteiger partial charge >= 0.3 is 13.8 Å². The SMILES string of the molecule is [2H][B]c1cc(N(C)C(=O)OC(C)(C)C)nn1[B]F. The highest BCUT2D eigenvalue weighted by Crippen LogP contribution is 2.13. The fourth-order valence-corrected chi connectivity index (χ4v) is 1.06. The van der Waals surface area contributed by atoms with Crippen molar-refractivity contribution < 1.29 is 13.8 Å². The van der Waals surface area contributed by atoms with Crippen LogP contribution >= 0.6 is 0 Å². The Morgan fingerprint density at radius 3 is 2.82 bits per heavy atom. The van der Waals surface area contributed by atoms with E-state index in [0.717, 1.165) is 17.3 Å². The fourth-order valence-electron chi connectivity index (χ4n) is 1.06. The van der Waals surface area contributed by atoms with E-state index >= 15 is 0 Å². The van der Waals surface area contributed by atoms with Crippen LogP contribution in [0.25, 0.3) is 0 Å². The van der Waals surface area contributed by atoms with Gasteiger partial charge in [-0.05, 0) is 33.8 Å². The number of nitrogens with zero attached hydrogens (tertiary/aromatic N) is 3. The van der Waals surface area contributed by atoms with E-state index < -0.39 is 11.7 Å². The van der Waals surface area contributed by atoms with Crippen LogP contribution in [-0.2, 0) is 4.74 Å². The molecule has 1 aromatic rings. The number of amides is 1. The molecule has 0 saturated heterocycles. The lowest BCUT2D eigenvalue weighted by Crippen LogP contribution is -2.34. The number of carbonyl (C=O) groups excluding carboxylic acids is 1. The van der Waals surface area contributed by atoms with Crippen molar-refractivity contribution in [2.75, 3.05) is 11.9 Å². The Kier molecular flexibility index (Phi) is 3.40. The summed E-state index contributed by atoms with van der Waals surface area (Å²) in [7, 11) is 2.62. The van der Waals surface area contributed by atoms with Crippen molar-refractivity contribution in [2.45, 2.75) is 26.4 Å². The van der Waals surface area contributed by atoms with Crippen LogP contribution in [0.5, 0.6) is 0 Å². The Bertz CT molecular complexity index is 414. The van der Waals surface area contributed by atoms with E-state index in [1.807, 2.05) is 0 Å². The van der Waals surface area contributed by atoms with Crippen LogP contribution in [0.2, 0.25) is 0 Å². The van der Waals surface area contributed by atoms with Gasteiger partial charge in [0.1, 0.15) is 5.60 Å². The third-order valence-electron chi connectivity index (χ3n) is 1.86. The van der Waals surface area contributed by atoms with Gasteiger partial charge in [0.05, 0.1) is 0 Å². The van der Waals surface area contributed by atoms with Crippen LogP contribution in [-0.4, -0.2) is 45.3 Å². The maximum Gasteiger partial charge on any atom is 0.512 e. The fraction of sp³-hybridized carbons (Fsp3) is 0.556. The topological polar surface area (TPSA) is 47.4 Å². The lowest BCUT2D eigenvalue weighted by atomic mass is 10.0. The summed E-state index contributed by atoms with van der Waals surface area (Å²) in [5.74, 6) is 0.205. The van der Waals surface area contributed by atoms with E-state index in [2.05, 4.69) is 5.10 Å². The lowest BCUT2D eigenvalue weighted by Gasteiger charge is -2.23. The highest BCUT2D eigenvalue weighted by molar-refractivity contribution is 6.37. The molecule has 1 aromatic heterocycles. The zero-order valence-electron chi connectivity index (χ0n) is 11.3. The number of hydrogen-bond donors (Lipinski definition) is 0. The maximum atomic E-state index is 12.5. The molecule has 0 aliphatic carbocycles. The van der Waals surface area contributed by atoms with Crippen molar-refractivity contribution in [3.8, 4) is 0 Å². The van der Waals surface area contributed by atoms with Crippen molar-refractivity contribution in [1.29, 1.82) is 1.34 Å². The Hall–Kier alpha value is -1.46. The Balaban J connectivity index is 2.87. The molecule has 0 aliphatic rings. The van der Waals surface area contributed by atoms with Crippen LogP contribution in [0.4, 0.5) is 14.9 Å². The monoisotopic (exact) mass is 238 g/mol. The number of anilines is 1. The van der Waals surface area contributed by atoms with Crippen molar-refractivity contribution in [1.82, 2.24) is 9.69 Å². The van der Waals surface area contributed by atoms with E-state index in [-0.39, 0.29) is 19.1 Å². The molecule has 17 heavy (non-hydrogen) atoms. The lowest BCUT2D eigenvalue weighted by molar-refractivity contribution is 0.0588. The van der Waals surface area contributed by atoms with Gasteiger partial charge in [0, 0.05) is 7.05 Å². The normalized spacial score (nSPS) is 11.7. The zero-order valence-corrected chi connectivity index (χ0v) is 10.3. The molecule has 1 rings (SSSR count). The molecule has 5 nitrogen and oxygen atoms in total. The number of carbonyl (C=O) groups is 1. The molecule has 0 atom stereocenters. The molecule has 1 amide bonds. The third-order valence-corrected chi connectivity index (χ3v) is 1.86. The van der Waals surface area contributed by atoms with Gasteiger partial charge in [-0.1, -0.05) is 0 Å². The Morgan fingerprint density at radius 2 is 2.41 bits per heavy atom. The molecule has 0 unspecified atom stereocenters.